The van der Waals surface area contributed by atoms with Crippen molar-refractivity contribution >= 4 is 22.5 Å². The zero-order chi connectivity index (χ0) is 18.9. The lowest BCUT2D eigenvalue weighted by atomic mass is 9.83. The number of benzene rings is 2. The molecule has 1 aliphatic heterocycles. The topological polar surface area (TPSA) is 45.6 Å². The smallest absolute Gasteiger partial charge is 0.124 e. The van der Waals surface area contributed by atoms with Gasteiger partial charge >= 0.3 is 0 Å². The minimum atomic E-state index is -0.841. The summed E-state index contributed by atoms with van der Waals surface area (Å²) in [7, 11) is 1.65. The number of aromatic nitrogens is 1. The van der Waals surface area contributed by atoms with Crippen molar-refractivity contribution in [1.29, 1.82) is 0 Å². The second-order valence-corrected chi connectivity index (χ2v) is 7.58. The maximum Gasteiger partial charge on any atom is 0.124 e. The van der Waals surface area contributed by atoms with E-state index < -0.39 is 5.60 Å². The summed E-state index contributed by atoms with van der Waals surface area (Å²) in [4.78, 5) is 6.80. The van der Waals surface area contributed by atoms with Gasteiger partial charge in [0.2, 0.25) is 0 Å². The van der Waals surface area contributed by atoms with Gasteiger partial charge in [-0.2, -0.15) is 0 Å². The van der Waals surface area contributed by atoms with Gasteiger partial charge in [0.05, 0.1) is 18.2 Å². The van der Waals surface area contributed by atoms with Crippen molar-refractivity contribution < 1.29 is 9.84 Å². The molecule has 1 N–H and O–H groups in total. The predicted molar refractivity (Wildman–Crippen MR) is 108 cm³/mol. The largest absolute Gasteiger partial charge is 0.496 e. The van der Waals surface area contributed by atoms with E-state index in [0.717, 1.165) is 46.9 Å². The van der Waals surface area contributed by atoms with Crippen molar-refractivity contribution in [3.05, 3.63) is 70.9 Å². The number of fused-ring (bicyclic) bond motifs is 1. The molecule has 0 amide bonds. The lowest BCUT2D eigenvalue weighted by Gasteiger charge is -2.39. The molecule has 3 aromatic rings. The van der Waals surface area contributed by atoms with Gasteiger partial charge in [-0.15, -0.1) is 0 Å². The van der Waals surface area contributed by atoms with Gasteiger partial charge in [0, 0.05) is 41.8 Å². The number of para-hydroxylation sites is 1. The minimum absolute atomic E-state index is 0.678. The lowest BCUT2D eigenvalue weighted by molar-refractivity contribution is -0.0291. The summed E-state index contributed by atoms with van der Waals surface area (Å²) in [6.45, 7) is 2.46. The number of rotatable bonds is 4. The average molecular weight is 383 g/mol. The number of hydrogen-bond donors (Lipinski definition) is 1. The van der Waals surface area contributed by atoms with E-state index in [-0.39, 0.29) is 0 Å². The third kappa shape index (κ3) is 3.65. The molecule has 0 spiro atoms. The van der Waals surface area contributed by atoms with Crippen molar-refractivity contribution in [3.8, 4) is 5.75 Å². The first-order valence-corrected chi connectivity index (χ1v) is 9.58. The fraction of sp³-hybridized carbons (Fsp3) is 0.318. The van der Waals surface area contributed by atoms with E-state index in [1.807, 2.05) is 48.7 Å². The van der Waals surface area contributed by atoms with Crippen LogP contribution in [0.1, 0.15) is 24.0 Å². The van der Waals surface area contributed by atoms with Gasteiger partial charge in [0.15, 0.2) is 0 Å². The molecule has 1 fully saturated rings. The van der Waals surface area contributed by atoms with E-state index in [9.17, 15) is 5.11 Å². The summed E-state index contributed by atoms with van der Waals surface area (Å²) in [5.41, 5.74) is 2.21. The lowest BCUT2D eigenvalue weighted by Crippen LogP contribution is -2.42. The fourth-order valence-electron chi connectivity index (χ4n) is 3.93. The van der Waals surface area contributed by atoms with Crippen LogP contribution in [-0.2, 0) is 12.1 Å². The number of pyridine rings is 1. The summed E-state index contributed by atoms with van der Waals surface area (Å²) in [6, 6.07) is 15.6. The molecule has 27 heavy (non-hydrogen) atoms. The minimum Gasteiger partial charge on any atom is -0.496 e. The van der Waals surface area contributed by atoms with Crippen LogP contribution < -0.4 is 4.74 Å². The number of aliphatic hydroxyl groups is 1. The summed E-state index contributed by atoms with van der Waals surface area (Å²) in [5, 5.41) is 13.0. The van der Waals surface area contributed by atoms with Crippen LogP contribution in [0, 0.1) is 0 Å². The van der Waals surface area contributed by atoms with Crippen molar-refractivity contribution in [1.82, 2.24) is 9.88 Å². The fourth-order valence-corrected chi connectivity index (χ4v) is 4.11. The second kappa shape index (κ2) is 7.47. The molecule has 1 aromatic heterocycles. The first-order valence-electron chi connectivity index (χ1n) is 9.20. The molecule has 0 aliphatic carbocycles. The molecular weight excluding hydrogens is 360 g/mol. The number of ether oxygens (including phenoxy) is 1. The van der Waals surface area contributed by atoms with Gasteiger partial charge in [0.25, 0.3) is 0 Å². The van der Waals surface area contributed by atoms with E-state index in [1.54, 1.807) is 7.11 Å². The van der Waals surface area contributed by atoms with Gasteiger partial charge in [-0.3, -0.25) is 9.88 Å². The summed E-state index contributed by atoms with van der Waals surface area (Å²) in [6.07, 6.45) is 3.20. The molecule has 0 bridgehead atoms. The molecule has 4 rings (SSSR count). The first-order chi connectivity index (χ1) is 13.1. The first kappa shape index (κ1) is 18.2. The third-order valence-electron chi connectivity index (χ3n) is 5.48. The molecule has 5 heteroatoms. The van der Waals surface area contributed by atoms with Crippen LogP contribution in [0.15, 0.2) is 54.7 Å². The SMILES string of the molecule is COc1ccccc1C1(O)CCN(Cc2ccnc3ccc(Cl)cc23)CC1. The molecule has 4 nitrogen and oxygen atoms in total. The number of halogens is 1. The Morgan fingerprint density at radius 1 is 1.15 bits per heavy atom. The van der Waals surface area contributed by atoms with Crippen molar-refractivity contribution in [3.63, 3.8) is 0 Å². The van der Waals surface area contributed by atoms with Crippen LogP contribution in [0.2, 0.25) is 5.02 Å². The molecule has 140 valence electrons. The van der Waals surface area contributed by atoms with Crippen LogP contribution >= 0.6 is 11.6 Å². The van der Waals surface area contributed by atoms with E-state index >= 15 is 0 Å². The van der Waals surface area contributed by atoms with E-state index in [4.69, 9.17) is 16.3 Å². The van der Waals surface area contributed by atoms with Gasteiger partial charge < -0.3 is 9.84 Å². The zero-order valence-electron chi connectivity index (χ0n) is 15.4. The molecule has 0 atom stereocenters. The maximum atomic E-state index is 11.2. The van der Waals surface area contributed by atoms with Gasteiger partial charge in [0.1, 0.15) is 5.75 Å². The quantitative estimate of drug-likeness (QED) is 0.727. The molecular formula is C22H23ClN2O2. The Morgan fingerprint density at radius 2 is 1.93 bits per heavy atom. The zero-order valence-corrected chi connectivity index (χ0v) is 16.1. The second-order valence-electron chi connectivity index (χ2n) is 7.14. The molecule has 1 saturated heterocycles. The highest BCUT2D eigenvalue weighted by atomic mass is 35.5. The van der Waals surface area contributed by atoms with E-state index in [1.165, 1.54) is 5.56 Å². The van der Waals surface area contributed by atoms with Crippen molar-refractivity contribution in [2.45, 2.75) is 25.0 Å². The summed E-state index contributed by atoms with van der Waals surface area (Å²) in [5.74, 6) is 0.753. The van der Waals surface area contributed by atoms with Crippen molar-refractivity contribution in [2.75, 3.05) is 20.2 Å². The van der Waals surface area contributed by atoms with Crippen LogP contribution in [0.3, 0.4) is 0 Å². The molecule has 1 aliphatic rings. The number of likely N-dealkylation sites (tertiary alicyclic amines) is 1. The van der Waals surface area contributed by atoms with Crippen LogP contribution in [-0.4, -0.2) is 35.2 Å². The Hall–Kier alpha value is -2.14. The van der Waals surface area contributed by atoms with Crippen molar-refractivity contribution in [2.24, 2.45) is 0 Å². The summed E-state index contributed by atoms with van der Waals surface area (Å²) < 4.78 is 5.45. The number of hydrogen-bond acceptors (Lipinski definition) is 4. The molecule has 0 saturated carbocycles. The number of nitrogens with zero attached hydrogens (tertiary/aromatic N) is 2. The van der Waals surface area contributed by atoms with E-state index in [2.05, 4.69) is 16.0 Å². The maximum absolute atomic E-state index is 11.2. The highest BCUT2D eigenvalue weighted by Gasteiger charge is 2.36. The molecule has 0 unspecified atom stereocenters. The number of piperidine rings is 1. The Morgan fingerprint density at radius 3 is 2.70 bits per heavy atom. The standard InChI is InChI=1S/C22H23ClN2O2/c1-27-21-5-3-2-4-19(21)22(26)9-12-25(13-10-22)15-16-8-11-24-20-7-6-17(23)14-18(16)20/h2-8,11,14,26H,9-10,12-13,15H2,1H3. The van der Waals surface area contributed by atoms with Crippen LogP contribution in [0.5, 0.6) is 5.75 Å². The van der Waals surface area contributed by atoms with Crippen LogP contribution in [0.25, 0.3) is 10.9 Å². The highest BCUT2D eigenvalue weighted by Crippen LogP contribution is 2.38. The van der Waals surface area contributed by atoms with E-state index in [0.29, 0.717) is 12.8 Å². The normalized spacial score (nSPS) is 17.1. The van der Waals surface area contributed by atoms with Crippen LogP contribution in [0.4, 0.5) is 0 Å². The third-order valence-corrected chi connectivity index (χ3v) is 5.71. The Kier molecular flexibility index (Phi) is 5.04. The Bertz CT molecular complexity index is 952. The molecule has 0 radical (unpaired) electrons. The summed E-state index contributed by atoms with van der Waals surface area (Å²) >= 11 is 6.18. The molecule has 2 aromatic carbocycles. The predicted octanol–water partition coefficient (Wildman–Crippen LogP) is 4.38. The van der Waals surface area contributed by atoms with Gasteiger partial charge in [-0.25, -0.2) is 0 Å². The van der Waals surface area contributed by atoms with Gasteiger partial charge in [-0.1, -0.05) is 29.8 Å². The highest BCUT2D eigenvalue weighted by molar-refractivity contribution is 6.31. The number of methoxy groups -OCH3 is 1. The molecule has 2 heterocycles. The Labute approximate surface area is 164 Å². The Balaban J connectivity index is 1.51. The average Bonchev–Trinajstić information content (AvgIpc) is 2.70. The monoisotopic (exact) mass is 382 g/mol. The van der Waals surface area contributed by atoms with Gasteiger partial charge in [-0.05, 0) is 48.7 Å².